The third-order valence-corrected chi connectivity index (χ3v) is 2.85. The van der Waals surface area contributed by atoms with Crippen LogP contribution in [0.2, 0.25) is 0 Å². The Morgan fingerprint density at radius 2 is 1.85 bits per heavy atom. The molecule has 0 atom stereocenters. The zero-order valence-electron chi connectivity index (χ0n) is 11.2. The molecule has 0 radical (unpaired) electrons. The molecule has 3 nitrogen and oxygen atoms in total. The number of benzene rings is 2. The number of aryl methyl sites for hydroxylation is 1. The number of halogens is 1. The van der Waals surface area contributed by atoms with E-state index in [1.165, 1.54) is 17.7 Å². The number of carbonyl (C=O) groups excluding carboxylic acids is 1. The van der Waals surface area contributed by atoms with Gasteiger partial charge in [0.2, 0.25) is 0 Å². The first-order valence-corrected chi connectivity index (χ1v) is 6.45. The van der Waals surface area contributed by atoms with Gasteiger partial charge in [-0.2, -0.15) is 0 Å². The standard InChI is InChI=1S/C16H16FNO2/c1-2-12-7-9-13(10-8-12)20-11-16(19)18-15-6-4-3-5-14(15)17/h3-10H,2,11H2,1H3,(H,18,19). The number of ether oxygens (including phenoxy) is 1. The molecule has 1 N–H and O–H groups in total. The van der Waals surface area contributed by atoms with Gasteiger partial charge in [0.25, 0.3) is 5.91 Å². The Labute approximate surface area is 117 Å². The van der Waals surface area contributed by atoms with Crippen molar-refractivity contribution in [3.8, 4) is 5.75 Å². The largest absolute Gasteiger partial charge is 0.484 e. The third kappa shape index (κ3) is 3.82. The van der Waals surface area contributed by atoms with Crippen LogP contribution in [0.25, 0.3) is 0 Å². The molecule has 0 aliphatic carbocycles. The summed E-state index contributed by atoms with van der Waals surface area (Å²) in [6.07, 6.45) is 0.952. The Kier molecular flexibility index (Phi) is 4.71. The number of rotatable bonds is 5. The summed E-state index contributed by atoms with van der Waals surface area (Å²) >= 11 is 0. The van der Waals surface area contributed by atoms with Crippen molar-refractivity contribution >= 4 is 11.6 Å². The average molecular weight is 273 g/mol. The van der Waals surface area contributed by atoms with Crippen LogP contribution in [-0.4, -0.2) is 12.5 Å². The second-order valence-corrected chi connectivity index (χ2v) is 4.31. The molecule has 0 saturated carbocycles. The van der Waals surface area contributed by atoms with E-state index in [-0.39, 0.29) is 12.3 Å². The Morgan fingerprint density at radius 3 is 2.50 bits per heavy atom. The summed E-state index contributed by atoms with van der Waals surface area (Å²) in [4.78, 5) is 11.7. The van der Waals surface area contributed by atoms with Crippen LogP contribution in [0.1, 0.15) is 12.5 Å². The summed E-state index contributed by atoms with van der Waals surface area (Å²) in [5, 5.41) is 2.46. The topological polar surface area (TPSA) is 38.3 Å². The maximum Gasteiger partial charge on any atom is 0.262 e. The molecule has 2 aromatic carbocycles. The molecule has 0 bridgehead atoms. The highest BCUT2D eigenvalue weighted by Crippen LogP contribution is 2.14. The van der Waals surface area contributed by atoms with Crippen LogP contribution in [-0.2, 0) is 11.2 Å². The van der Waals surface area contributed by atoms with Gasteiger partial charge in [-0.25, -0.2) is 4.39 Å². The Morgan fingerprint density at radius 1 is 1.15 bits per heavy atom. The highest BCUT2D eigenvalue weighted by Gasteiger charge is 2.06. The van der Waals surface area contributed by atoms with Gasteiger partial charge in [0.05, 0.1) is 5.69 Å². The smallest absolute Gasteiger partial charge is 0.262 e. The summed E-state index contributed by atoms with van der Waals surface area (Å²) in [5.41, 5.74) is 1.36. The number of hydrogen-bond donors (Lipinski definition) is 1. The average Bonchev–Trinajstić information content (AvgIpc) is 2.48. The van der Waals surface area contributed by atoms with Crippen molar-refractivity contribution in [3.05, 3.63) is 59.9 Å². The lowest BCUT2D eigenvalue weighted by Gasteiger charge is -2.08. The molecule has 20 heavy (non-hydrogen) atoms. The molecule has 104 valence electrons. The van der Waals surface area contributed by atoms with Crippen LogP contribution < -0.4 is 10.1 Å². The van der Waals surface area contributed by atoms with Crippen molar-refractivity contribution in [1.29, 1.82) is 0 Å². The molecule has 0 heterocycles. The lowest BCUT2D eigenvalue weighted by Crippen LogP contribution is -2.20. The Hall–Kier alpha value is -2.36. The van der Waals surface area contributed by atoms with E-state index in [0.29, 0.717) is 5.75 Å². The van der Waals surface area contributed by atoms with E-state index in [1.807, 2.05) is 24.3 Å². The van der Waals surface area contributed by atoms with Crippen molar-refractivity contribution in [2.45, 2.75) is 13.3 Å². The minimum atomic E-state index is -0.465. The summed E-state index contributed by atoms with van der Waals surface area (Å²) < 4.78 is 18.7. The third-order valence-electron chi connectivity index (χ3n) is 2.85. The van der Waals surface area contributed by atoms with E-state index in [9.17, 15) is 9.18 Å². The van der Waals surface area contributed by atoms with Crippen molar-refractivity contribution < 1.29 is 13.9 Å². The Balaban J connectivity index is 1.87. The molecule has 1 amide bonds. The summed E-state index contributed by atoms with van der Waals surface area (Å²) in [6, 6.07) is 13.5. The van der Waals surface area contributed by atoms with Crippen molar-refractivity contribution in [2.24, 2.45) is 0 Å². The van der Waals surface area contributed by atoms with Gasteiger partial charge in [0, 0.05) is 0 Å². The number of amides is 1. The minimum Gasteiger partial charge on any atom is -0.484 e. The maximum atomic E-state index is 13.3. The molecule has 0 aliphatic heterocycles. The predicted octanol–water partition coefficient (Wildman–Crippen LogP) is 3.41. The molecule has 4 heteroatoms. The van der Waals surface area contributed by atoms with Crippen LogP contribution in [0, 0.1) is 5.82 Å². The van der Waals surface area contributed by atoms with Crippen molar-refractivity contribution in [1.82, 2.24) is 0 Å². The van der Waals surface area contributed by atoms with Crippen molar-refractivity contribution in [2.75, 3.05) is 11.9 Å². The van der Waals surface area contributed by atoms with Gasteiger partial charge in [-0.15, -0.1) is 0 Å². The second-order valence-electron chi connectivity index (χ2n) is 4.31. The number of nitrogens with one attached hydrogen (secondary N) is 1. The fourth-order valence-corrected chi connectivity index (χ4v) is 1.72. The molecule has 0 spiro atoms. The molecule has 2 rings (SSSR count). The SMILES string of the molecule is CCc1ccc(OCC(=O)Nc2ccccc2F)cc1. The first-order chi connectivity index (χ1) is 9.69. The molecular formula is C16H16FNO2. The van der Waals surface area contributed by atoms with E-state index in [2.05, 4.69) is 12.2 Å². The summed E-state index contributed by atoms with van der Waals surface area (Å²) in [5.74, 6) is -0.242. The van der Waals surface area contributed by atoms with Crippen LogP contribution in [0.3, 0.4) is 0 Å². The van der Waals surface area contributed by atoms with Gasteiger partial charge in [-0.3, -0.25) is 4.79 Å². The molecule has 0 aromatic heterocycles. The lowest BCUT2D eigenvalue weighted by atomic mass is 10.2. The molecule has 0 aliphatic rings. The summed E-state index contributed by atoms with van der Waals surface area (Å²) in [7, 11) is 0. The zero-order valence-corrected chi connectivity index (χ0v) is 11.2. The Bertz CT molecular complexity index is 581. The van der Waals surface area contributed by atoms with E-state index in [1.54, 1.807) is 12.1 Å². The molecule has 0 fully saturated rings. The molecule has 2 aromatic rings. The quantitative estimate of drug-likeness (QED) is 0.906. The zero-order chi connectivity index (χ0) is 14.4. The maximum absolute atomic E-state index is 13.3. The minimum absolute atomic E-state index is 0.153. The fraction of sp³-hybridized carbons (Fsp3) is 0.188. The van der Waals surface area contributed by atoms with Gasteiger partial charge < -0.3 is 10.1 Å². The van der Waals surface area contributed by atoms with Gasteiger partial charge in [0.15, 0.2) is 6.61 Å². The molecular weight excluding hydrogens is 257 g/mol. The first-order valence-electron chi connectivity index (χ1n) is 6.45. The molecule has 0 unspecified atom stereocenters. The first kappa shape index (κ1) is 14.1. The predicted molar refractivity (Wildman–Crippen MR) is 76.3 cm³/mol. The van der Waals surface area contributed by atoms with E-state index in [0.717, 1.165) is 6.42 Å². The van der Waals surface area contributed by atoms with Gasteiger partial charge in [-0.05, 0) is 36.2 Å². The normalized spacial score (nSPS) is 10.1. The second kappa shape index (κ2) is 6.70. The highest BCUT2D eigenvalue weighted by atomic mass is 19.1. The van der Waals surface area contributed by atoms with Crippen LogP contribution in [0.4, 0.5) is 10.1 Å². The van der Waals surface area contributed by atoms with E-state index < -0.39 is 11.7 Å². The summed E-state index contributed by atoms with van der Waals surface area (Å²) in [6.45, 7) is 1.91. The van der Waals surface area contributed by atoms with E-state index >= 15 is 0 Å². The fourth-order valence-electron chi connectivity index (χ4n) is 1.72. The van der Waals surface area contributed by atoms with Crippen LogP contribution >= 0.6 is 0 Å². The van der Waals surface area contributed by atoms with Gasteiger partial charge >= 0.3 is 0 Å². The van der Waals surface area contributed by atoms with E-state index in [4.69, 9.17) is 4.74 Å². The number of para-hydroxylation sites is 1. The number of hydrogen-bond acceptors (Lipinski definition) is 2. The monoisotopic (exact) mass is 273 g/mol. The van der Waals surface area contributed by atoms with Gasteiger partial charge in [0.1, 0.15) is 11.6 Å². The number of anilines is 1. The van der Waals surface area contributed by atoms with Crippen molar-refractivity contribution in [3.63, 3.8) is 0 Å². The van der Waals surface area contributed by atoms with Crippen LogP contribution in [0.5, 0.6) is 5.75 Å². The van der Waals surface area contributed by atoms with Gasteiger partial charge in [-0.1, -0.05) is 31.2 Å². The van der Waals surface area contributed by atoms with Crippen LogP contribution in [0.15, 0.2) is 48.5 Å². The lowest BCUT2D eigenvalue weighted by molar-refractivity contribution is -0.118. The molecule has 0 saturated heterocycles. The number of carbonyl (C=O) groups is 1. The highest BCUT2D eigenvalue weighted by molar-refractivity contribution is 5.91.